The van der Waals surface area contributed by atoms with Crippen LogP contribution < -0.4 is 0 Å². The summed E-state index contributed by atoms with van der Waals surface area (Å²) >= 11 is 0. The lowest BCUT2D eigenvalue weighted by atomic mass is 9.69. The summed E-state index contributed by atoms with van der Waals surface area (Å²) < 4.78 is 5.15. The molecule has 0 radical (unpaired) electrons. The molecule has 0 amide bonds. The number of allylic oxidation sites excluding steroid dienone is 11. The molecule has 9 atom stereocenters. The van der Waals surface area contributed by atoms with Crippen molar-refractivity contribution in [2.45, 2.75) is 76.5 Å². The van der Waals surface area contributed by atoms with E-state index in [1.807, 2.05) is 0 Å². The van der Waals surface area contributed by atoms with Gasteiger partial charge in [-0.25, -0.2) is 0 Å². The molecule has 296 valence electrons. The molecular formula is C57H53N3. The number of nitrogens with zero attached hydrogens (tertiary/aromatic N) is 3. The van der Waals surface area contributed by atoms with Gasteiger partial charge in [-0.15, -0.1) is 0 Å². The predicted molar refractivity (Wildman–Crippen MR) is 251 cm³/mol. The van der Waals surface area contributed by atoms with Crippen molar-refractivity contribution < 1.29 is 0 Å². The molecule has 2 saturated carbocycles. The molecule has 6 aromatic rings. The largest absolute Gasteiger partial charge is 0.315 e. The number of benzene rings is 4. The summed E-state index contributed by atoms with van der Waals surface area (Å²) in [5, 5.41) is 4.11. The van der Waals surface area contributed by atoms with Crippen molar-refractivity contribution in [3.63, 3.8) is 0 Å². The topological polar surface area (TPSA) is 22.2 Å². The van der Waals surface area contributed by atoms with Crippen molar-refractivity contribution in [3.8, 4) is 5.69 Å². The minimum Gasteiger partial charge on any atom is -0.315 e. The van der Waals surface area contributed by atoms with Crippen molar-refractivity contribution in [1.82, 2.24) is 9.13 Å². The molecule has 3 heteroatoms. The fourth-order valence-corrected chi connectivity index (χ4v) is 13.9. The Morgan fingerprint density at radius 3 is 2.48 bits per heavy atom. The first kappa shape index (κ1) is 35.1. The smallest absolute Gasteiger partial charge is 0.0573 e. The van der Waals surface area contributed by atoms with Gasteiger partial charge < -0.3 is 9.13 Å². The van der Waals surface area contributed by atoms with Crippen molar-refractivity contribution in [1.29, 1.82) is 0 Å². The van der Waals surface area contributed by atoms with E-state index in [4.69, 9.17) is 4.99 Å². The SMILES string of the molecule is CCC1C2CC(C=NC3=C(C(C)c4ccc5c(c4)c4ccccc4n5-c4ccccc4)CC3)CC2C2C(C3CC=Cc4c3n3c5c(cccc45)C4CC=CC=C43)=CC=C[C@H]12. The molecule has 0 saturated heterocycles. The van der Waals surface area contributed by atoms with Crippen LogP contribution in [0, 0.1) is 35.5 Å². The van der Waals surface area contributed by atoms with E-state index in [2.05, 4.69) is 169 Å². The van der Waals surface area contributed by atoms with Gasteiger partial charge in [-0.1, -0.05) is 129 Å². The van der Waals surface area contributed by atoms with Crippen molar-refractivity contribution in [3.05, 3.63) is 173 Å². The highest BCUT2D eigenvalue weighted by Crippen LogP contribution is 2.63. The van der Waals surface area contributed by atoms with Crippen LogP contribution in [-0.2, 0) is 0 Å². The standard InChI is InChI=1S/C57H53N3/c1-3-38-42-18-11-19-43(45-21-13-23-47-46-22-12-20-44-40-16-7-10-25-53(40)60(56(44)46)57(45)47)55(42)50-31-35(30-48(38)50)33-58-51-28-27-39(51)34(2)36-26-29-54-49(32-36)41-17-8-9-24-52(41)59(54)37-14-5-4-6-15-37/h4-15,17-20,22-26,29,32-35,38,40,42,45,48,50,55H,3,16,21,27-28,30-31H2,1-2H3/t34?,35?,38?,40?,42-,45?,48?,50?,55?/m1/s1. The third-order valence-electron chi connectivity index (χ3n) is 16.5. The monoisotopic (exact) mass is 779 g/mol. The van der Waals surface area contributed by atoms with Crippen LogP contribution in [0.5, 0.6) is 0 Å². The minimum atomic E-state index is 0.358. The van der Waals surface area contributed by atoms with Crippen LogP contribution >= 0.6 is 0 Å². The third-order valence-corrected chi connectivity index (χ3v) is 16.5. The summed E-state index contributed by atoms with van der Waals surface area (Å²) in [4.78, 5) is 5.41. The van der Waals surface area contributed by atoms with Crippen molar-refractivity contribution >= 4 is 50.7 Å². The average molecular weight is 780 g/mol. The highest BCUT2D eigenvalue weighted by molar-refractivity contribution is 6.09. The Morgan fingerprint density at radius 2 is 1.60 bits per heavy atom. The Balaban J connectivity index is 0.793. The van der Waals surface area contributed by atoms with E-state index in [0.29, 0.717) is 35.5 Å². The van der Waals surface area contributed by atoms with Crippen LogP contribution in [0.2, 0.25) is 0 Å². The van der Waals surface area contributed by atoms with Gasteiger partial charge in [0.15, 0.2) is 0 Å². The molecule has 3 heterocycles. The van der Waals surface area contributed by atoms with Crippen LogP contribution in [0.15, 0.2) is 155 Å². The van der Waals surface area contributed by atoms with E-state index in [9.17, 15) is 0 Å². The maximum atomic E-state index is 5.41. The lowest BCUT2D eigenvalue weighted by molar-refractivity contribution is 0.314. The highest BCUT2D eigenvalue weighted by Gasteiger charge is 2.55. The van der Waals surface area contributed by atoms with Gasteiger partial charge in [0.1, 0.15) is 0 Å². The number of para-hydroxylation sites is 3. The quantitative estimate of drug-likeness (QED) is 0.144. The van der Waals surface area contributed by atoms with Crippen molar-refractivity contribution in [2.75, 3.05) is 0 Å². The molecule has 13 rings (SSSR count). The maximum absolute atomic E-state index is 5.41. The molecule has 0 spiro atoms. The summed E-state index contributed by atoms with van der Waals surface area (Å²) in [6.45, 7) is 4.88. The Morgan fingerprint density at radius 1 is 0.767 bits per heavy atom. The fraction of sp³-hybridized carbons (Fsp3) is 0.316. The van der Waals surface area contributed by atoms with E-state index in [1.54, 1.807) is 11.3 Å². The van der Waals surface area contributed by atoms with Crippen molar-refractivity contribution in [2.24, 2.45) is 40.5 Å². The van der Waals surface area contributed by atoms with Gasteiger partial charge in [0.25, 0.3) is 0 Å². The average Bonchev–Trinajstić information content (AvgIpc) is 4.08. The predicted octanol–water partition coefficient (Wildman–Crippen LogP) is 14.5. The van der Waals surface area contributed by atoms with Crippen LogP contribution in [0.3, 0.4) is 0 Å². The zero-order valence-corrected chi connectivity index (χ0v) is 34.8. The van der Waals surface area contributed by atoms with Gasteiger partial charge in [-0.05, 0) is 127 Å². The van der Waals surface area contributed by atoms with Gasteiger partial charge in [-0.2, -0.15) is 0 Å². The lowest BCUT2D eigenvalue weighted by Crippen LogP contribution is -2.26. The lowest BCUT2D eigenvalue weighted by Gasteiger charge is -2.36. The van der Waals surface area contributed by atoms with Gasteiger partial charge in [0.2, 0.25) is 0 Å². The van der Waals surface area contributed by atoms with E-state index in [0.717, 1.165) is 43.4 Å². The molecule has 2 fully saturated rings. The normalized spacial score (nSPS) is 29.0. The summed E-state index contributed by atoms with van der Waals surface area (Å²) in [5.74, 6) is 5.36. The summed E-state index contributed by atoms with van der Waals surface area (Å²) in [7, 11) is 0. The van der Waals surface area contributed by atoms with Crippen LogP contribution in [0.25, 0.3) is 50.2 Å². The van der Waals surface area contributed by atoms with Gasteiger partial charge in [-0.3, -0.25) is 4.99 Å². The fourth-order valence-electron chi connectivity index (χ4n) is 13.9. The van der Waals surface area contributed by atoms with Gasteiger partial charge in [0.05, 0.1) is 16.6 Å². The van der Waals surface area contributed by atoms with Crippen LogP contribution in [0.4, 0.5) is 0 Å². The molecule has 4 aromatic carbocycles. The number of fused-ring (bicyclic) bond motifs is 12. The second kappa shape index (κ2) is 13.4. The molecule has 0 bridgehead atoms. The second-order valence-corrected chi connectivity index (χ2v) is 19.1. The van der Waals surface area contributed by atoms with E-state index < -0.39 is 0 Å². The number of hydrogen-bond donors (Lipinski definition) is 0. The molecule has 8 unspecified atom stereocenters. The summed E-state index contributed by atoms with van der Waals surface area (Å²) in [6, 6.07) is 33.9. The first-order valence-electron chi connectivity index (χ1n) is 23.1. The Hall–Kier alpha value is -5.67. The summed E-state index contributed by atoms with van der Waals surface area (Å²) in [6.07, 6.45) is 30.4. The van der Waals surface area contributed by atoms with Crippen LogP contribution in [0.1, 0.15) is 98.9 Å². The number of rotatable bonds is 7. The van der Waals surface area contributed by atoms with E-state index in [1.165, 1.54) is 91.3 Å². The molecular weight excluding hydrogens is 727 g/mol. The van der Waals surface area contributed by atoms with Crippen LogP contribution in [-0.4, -0.2) is 15.3 Å². The number of hydrogen-bond acceptors (Lipinski definition) is 1. The third kappa shape index (κ3) is 4.92. The molecule has 60 heavy (non-hydrogen) atoms. The van der Waals surface area contributed by atoms with Gasteiger partial charge >= 0.3 is 0 Å². The molecule has 1 aliphatic heterocycles. The minimum absolute atomic E-state index is 0.358. The molecule has 2 aromatic heterocycles. The molecule has 3 nitrogen and oxygen atoms in total. The Labute approximate surface area is 353 Å². The first-order chi connectivity index (χ1) is 29.7. The number of aromatic nitrogens is 2. The Bertz CT molecular complexity index is 2990. The highest BCUT2D eigenvalue weighted by atomic mass is 15.0. The maximum Gasteiger partial charge on any atom is 0.0573 e. The summed E-state index contributed by atoms with van der Waals surface area (Å²) in [5.41, 5.74) is 17.3. The number of aliphatic imine (C=N–C) groups is 1. The molecule has 7 aliphatic rings. The molecule has 6 aliphatic carbocycles. The van der Waals surface area contributed by atoms with E-state index in [-0.39, 0.29) is 0 Å². The van der Waals surface area contributed by atoms with Gasteiger partial charge in [0, 0.05) is 68.5 Å². The zero-order chi connectivity index (χ0) is 39.6. The first-order valence-corrected chi connectivity index (χ1v) is 23.1. The van der Waals surface area contributed by atoms with E-state index >= 15 is 0 Å². The zero-order valence-electron chi connectivity index (χ0n) is 34.8. The Kier molecular flexibility index (Phi) is 7.85. The molecule has 0 N–H and O–H groups in total. The second-order valence-electron chi connectivity index (χ2n) is 19.1.